The number of allylic oxidation sites excluding steroid dienone is 1. The van der Waals surface area contributed by atoms with Crippen LogP contribution in [-0.2, 0) is 4.79 Å². The molecule has 0 fully saturated rings. The number of nitriles is 1. The van der Waals surface area contributed by atoms with E-state index in [0.29, 0.717) is 11.1 Å². The molecule has 0 aliphatic carbocycles. The lowest BCUT2D eigenvalue weighted by molar-refractivity contribution is -0.132. The summed E-state index contributed by atoms with van der Waals surface area (Å²) in [6.07, 6.45) is 0. The highest BCUT2D eigenvalue weighted by Gasteiger charge is 2.14. The van der Waals surface area contributed by atoms with Gasteiger partial charge in [-0.1, -0.05) is 48.5 Å². The van der Waals surface area contributed by atoms with Crippen LogP contribution in [0.1, 0.15) is 12.5 Å². The first-order valence-electron chi connectivity index (χ1n) is 8.46. The first-order valence-corrected chi connectivity index (χ1v) is 8.46. The molecule has 0 saturated heterocycles. The Labute approximate surface area is 158 Å². The monoisotopic (exact) mass is 354 g/mol. The molecule has 0 spiro atoms. The molecule has 0 radical (unpaired) electrons. The normalized spacial score (nSPS) is 11.3. The summed E-state index contributed by atoms with van der Waals surface area (Å²) in [6.45, 7) is 1.65. The van der Waals surface area contributed by atoms with Crippen LogP contribution in [0.2, 0.25) is 0 Å². The van der Waals surface area contributed by atoms with Crippen LogP contribution >= 0.6 is 0 Å². The number of carboxylic acid groups (broad SMARTS) is 1. The Morgan fingerprint density at radius 3 is 1.67 bits per heavy atom. The summed E-state index contributed by atoms with van der Waals surface area (Å²) in [6, 6.07) is 29.3. The minimum Gasteiger partial charge on any atom is -0.477 e. The van der Waals surface area contributed by atoms with E-state index in [1.165, 1.54) is 0 Å². The molecule has 0 atom stereocenters. The summed E-state index contributed by atoms with van der Waals surface area (Å²) in [5, 5.41) is 18.2. The van der Waals surface area contributed by atoms with E-state index in [0.717, 1.165) is 17.1 Å². The lowest BCUT2D eigenvalue weighted by Crippen LogP contribution is -2.09. The van der Waals surface area contributed by atoms with E-state index in [1.807, 2.05) is 84.9 Å². The fourth-order valence-electron chi connectivity index (χ4n) is 2.90. The van der Waals surface area contributed by atoms with Crippen molar-refractivity contribution in [1.29, 1.82) is 5.26 Å². The lowest BCUT2D eigenvalue weighted by atomic mass is 10.0. The van der Waals surface area contributed by atoms with Crippen LogP contribution in [0, 0.1) is 11.3 Å². The van der Waals surface area contributed by atoms with Gasteiger partial charge in [-0.05, 0) is 54.5 Å². The standard InChI is InChI=1S/C23H18N2O2/c1-17(22(16-24)23(26)27)18-12-14-21(15-13-18)25(19-8-4-2-5-9-19)20-10-6-3-7-11-20/h2-15H,1H3,(H,26,27). The topological polar surface area (TPSA) is 64.3 Å². The lowest BCUT2D eigenvalue weighted by Gasteiger charge is -2.25. The molecule has 27 heavy (non-hydrogen) atoms. The first kappa shape index (κ1) is 18.0. The van der Waals surface area contributed by atoms with Crippen molar-refractivity contribution in [1.82, 2.24) is 0 Å². The van der Waals surface area contributed by atoms with Crippen molar-refractivity contribution in [3.05, 3.63) is 96.1 Å². The maximum atomic E-state index is 11.2. The van der Waals surface area contributed by atoms with Crippen molar-refractivity contribution < 1.29 is 9.90 Å². The second-order valence-corrected chi connectivity index (χ2v) is 5.97. The number of anilines is 3. The molecule has 0 unspecified atom stereocenters. The van der Waals surface area contributed by atoms with Gasteiger partial charge >= 0.3 is 5.97 Å². The van der Waals surface area contributed by atoms with Gasteiger partial charge in [-0.25, -0.2) is 4.79 Å². The van der Waals surface area contributed by atoms with Gasteiger partial charge in [-0.15, -0.1) is 0 Å². The van der Waals surface area contributed by atoms with Crippen molar-refractivity contribution in [2.45, 2.75) is 6.92 Å². The number of hydrogen-bond donors (Lipinski definition) is 1. The van der Waals surface area contributed by atoms with Gasteiger partial charge in [0.2, 0.25) is 0 Å². The van der Waals surface area contributed by atoms with E-state index < -0.39 is 5.97 Å². The van der Waals surface area contributed by atoms with Crippen molar-refractivity contribution in [2.24, 2.45) is 0 Å². The highest BCUT2D eigenvalue weighted by molar-refractivity contribution is 6.00. The Morgan fingerprint density at radius 2 is 1.26 bits per heavy atom. The van der Waals surface area contributed by atoms with Gasteiger partial charge in [0.25, 0.3) is 0 Å². The number of nitrogens with zero attached hydrogens (tertiary/aromatic N) is 2. The molecule has 0 heterocycles. The van der Waals surface area contributed by atoms with Gasteiger partial charge in [0, 0.05) is 17.1 Å². The Hall–Kier alpha value is -3.84. The zero-order valence-corrected chi connectivity index (χ0v) is 14.8. The molecule has 3 aromatic carbocycles. The van der Waals surface area contributed by atoms with E-state index in [4.69, 9.17) is 10.4 Å². The fraction of sp³-hybridized carbons (Fsp3) is 0.0435. The molecule has 3 rings (SSSR count). The number of carboxylic acids is 1. The summed E-state index contributed by atoms with van der Waals surface area (Å²) in [5.41, 5.74) is 3.89. The van der Waals surface area contributed by atoms with Gasteiger partial charge in [0.15, 0.2) is 0 Å². The summed E-state index contributed by atoms with van der Waals surface area (Å²) in [5.74, 6) is -1.21. The van der Waals surface area contributed by atoms with Gasteiger partial charge < -0.3 is 10.0 Å². The van der Waals surface area contributed by atoms with Crippen molar-refractivity contribution in [3.63, 3.8) is 0 Å². The summed E-state index contributed by atoms with van der Waals surface area (Å²) in [4.78, 5) is 13.3. The predicted octanol–water partition coefficient (Wildman–Crippen LogP) is 5.54. The van der Waals surface area contributed by atoms with Gasteiger partial charge in [0.1, 0.15) is 11.6 Å². The number of hydrogen-bond acceptors (Lipinski definition) is 3. The molecule has 0 saturated carbocycles. The Bertz CT molecular complexity index is 962. The summed E-state index contributed by atoms with van der Waals surface area (Å²) < 4.78 is 0. The highest BCUT2D eigenvalue weighted by Crippen LogP contribution is 2.34. The number of benzene rings is 3. The van der Waals surface area contributed by atoms with Gasteiger partial charge in [-0.2, -0.15) is 5.26 Å². The molecule has 0 aromatic heterocycles. The third kappa shape index (κ3) is 3.88. The largest absolute Gasteiger partial charge is 0.477 e. The average Bonchev–Trinajstić information content (AvgIpc) is 2.70. The second-order valence-electron chi connectivity index (χ2n) is 5.97. The second kappa shape index (κ2) is 8.03. The molecule has 4 heteroatoms. The molecular formula is C23H18N2O2. The third-order valence-electron chi connectivity index (χ3n) is 4.29. The molecule has 1 N–H and O–H groups in total. The van der Waals surface area contributed by atoms with Crippen LogP contribution in [0.4, 0.5) is 17.1 Å². The van der Waals surface area contributed by atoms with E-state index in [1.54, 1.807) is 13.0 Å². The Balaban J connectivity index is 2.05. The van der Waals surface area contributed by atoms with E-state index in [2.05, 4.69) is 4.90 Å². The number of para-hydroxylation sites is 2. The molecule has 0 aliphatic rings. The average molecular weight is 354 g/mol. The fourth-order valence-corrected chi connectivity index (χ4v) is 2.90. The van der Waals surface area contributed by atoms with E-state index in [-0.39, 0.29) is 5.57 Å². The van der Waals surface area contributed by atoms with E-state index in [9.17, 15) is 4.79 Å². The molecule has 132 valence electrons. The van der Waals surface area contributed by atoms with Crippen LogP contribution in [0.15, 0.2) is 90.5 Å². The quantitative estimate of drug-likeness (QED) is 0.483. The zero-order valence-electron chi connectivity index (χ0n) is 14.8. The molecular weight excluding hydrogens is 336 g/mol. The molecule has 0 amide bonds. The summed E-state index contributed by atoms with van der Waals surface area (Å²) in [7, 11) is 0. The van der Waals surface area contributed by atoms with Crippen LogP contribution < -0.4 is 4.90 Å². The number of carbonyl (C=O) groups is 1. The van der Waals surface area contributed by atoms with Crippen molar-refractivity contribution in [2.75, 3.05) is 4.90 Å². The van der Waals surface area contributed by atoms with Gasteiger partial charge in [0.05, 0.1) is 0 Å². The smallest absolute Gasteiger partial charge is 0.346 e. The maximum absolute atomic E-state index is 11.2. The number of rotatable bonds is 5. The molecule has 3 aromatic rings. The SMILES string of the molecule is CC(=C(C#N)C(=O)O)c1ccc(N(c2ccccc2)c2ccccc2)cc1. The van der Waals surface area contributed by atoms with Crippen LogP contribution in [0.25, 0.3) is 5.57 Å². The van der Waals surface area contributed by atoms with Gasteiger partial charge in [-0.3, -0.25) is 0 Å². The zero-order chi connectivity index (χ0) is 19.2. The minimum atomic E-state index is -1.21. The van der Waals surface area contributed by atoms with Crippen molar-refractivity contribution >= 4 is 28.6 Å². The van der Waals surface area contributed by atoms with Crippen molar-refractivity contribution in [3.8, 4) is 6.07 Å². The minimum absolute atomic E-state index is 0.245. The third-order valence-corrected chi connectivity index (χ3v) is 4.29. The first-order chi connectivity index (χ1) is 13.1. The predicted molar refractivity (Wildman–Crippen MR) is 107 cm³/mol. The highest BCUT2D eigenvalue weighted by atomic mass is 16.4. The van der Waals surface area contributed by atoms with Crippen LogP contribution in [0.5, 0.6) is 0 Å². The Kier molecular flexibility index (Phi) is 5.34. The van der Waals surface area contributed by atoms with Crippen LogP contribution in [0.3, 0.4) is 0 Å². The van der Waals surface area contributed by atoms with E-state index >= 15 is 0 Å². The molecule has 0 bridgehead atoms. The molecule has 4 nitrogen and oxygen atoms in total. The summed E-state index contributed by atoms with van der Waals surface area (Å²) >= 11 is 0. The maximum Gasteiger partial charge on any atom is 0.346 e. The van der Waals surface area contributed by atoms with Crippen LogP contribution in [-0.4, -0.2) is 11.1 Å². The Morgan fingerprint density at radius 1 is 0.815 bits per heavy atom. The molecule has 0 aliphatic heterocycles. The number of aliphatic carboxylic acids is 1.